The fraction of sp³-hybridized carbons (Fsp3) is 0.533. The number of nitrogens with zero attached hydrogens (tertiary/aromatic N) is 3. The van der Waals surface area contributed by atoms with E-state index in [0.717, 1.165) is 36.2 Å². The Morgan fingerprint density at radius 2 is 2.10 bits per heavy atom. The van der Waals surface area contributed by atoms with Crippen molar-refractivity contribution in [1.82, 2.24) is 20.3 Å². The highest BCUT2D eigenvalue weighted by atomic mass is 15.2. The number of aryl methyl sites for hydroxylation is 2. The van der Waals surface area contributed by atoms with Crippen molar-refractivity contribution in [2.75, 3.05) is 24.1 Å². The Labute approximate surface area is 124 Å². The summed E-state index contributed by atoms with van der Waals surface area (Å²) < 4.78 is 0. The summed E-state index contributed by atoms with van der Waals surface area (Å²) in [7, 11) is 0. The van der Waals surface area contributed by atoms with E-state index in [1.807, 2.05) is 19.9 Å². The Balaban J connectivity index is 1.92. The van der Waals surface area contributed by atoms with Gasteiger partial charge in [-0.05, 0) is 44.9 Å². The predicted molar refractivity (Wildman–Crippen MR) is 85.4 cm³/mol. The van der Waals surface area contributed by atoms with Crippen LogP contribution < -0.4 is 16.4 Å². The largest absolute Gasteiger partial charge is 0.383 e. The Morgan fingerprint density at radius 1 is 1.24 bits per heavy atom. The van der Waals surface area contributed by atoms with Gasteiger partial charge in [-0.2, -0.15) is 9.97 Å². The fourth-order valence-electron chi connectivity index (χ4n) is 2.90. The first kappa shape index (κ1) is 14.0. The summed E-state index contributed by atoms with van der Waals surface area (Å²) in [6.07, 6.45) is 3.55. The second kappa shape index (κ2) is 5.81. The van der Waals surface area contributed by atoms with Gasteiger partial charge in [0.2, 0.25) is 5.95 Å². The van der Waals surface area contributed by atoms with E-state index >= 15 is 0 Å². The van der Waals surface area contributed by atoms with Gasteiger partial charge < -0.3 is 16.4 Å². The van der Waals surface area contributed by atoms with Crippen molar-refractivity contribution in [2.45, 2.75) is 39.2 Å². The molecule has 3 heterocycles. The van der Waals surface area contributed by atoms with E-state index in [1.165, 1.54) is 12.8 Å². The second-order valence-electron chi connectivity index (χ2n) is 5.75. The molecule has 4 N–H and O–H groups in total. The van der Waals surface area contributed by atoms with E-state index < -0.39 is 0 Å². The molecule has 112 valence electrons. The second-order valence-corrected chi connectivity index (χ2v) is 5.75. The third-order valence-electron chi connectivity index (χ3n) is 3.90. The molecule has 0 aromatic carbocycles. The topological polar surface area (TPSA) is 88.8 Å². The van der Waals surface area contributed by atoms with Gasteiger partial charge in [0, 0.05) is 18.3 Å². The summed E-state index contributed by atoms with van der Waals surface area (Å²) in [5.74, 6) is 1.07. The van der Waals surface area contributed by atoms with Crippen molar-refractivity contribution in [2.24, 2.45) is 0 Å². The van der Waals surface area contributed by atoms with Gasteiger partial charge in [0.1, 0.15) is 5.82 Å². The molecular weight excluding hydrogens is 264 g/mol. The minimum atomic E-state index is 0.343. The van der Waals surface area contributed by atoms with Gasteiger partial charge in [0.15, 0.2) is 5.65 Å². The Bertz CT molecular complexity index is 646. The molecule has 0 unspecified atom stereocenters. The van der Waals surface area contributed by atoms with Crippen molar-refractivity contribution in [1.29, 1.82) is 0 Å². The molecule has 2 aromatic heterocycles. The lowest BCUT2D eigenvalue weighted by molar-refractivity contribution is 0.631. The Morgan fingerprint density at radius 3 is 2.95 bits per heavy atom. The summed E-state index contributed by atoms with van der Waals surface area (Å²) in [6.45, 7) is 5.99. The SMILES string of the molecule is Cc1cc(C)c2c(N)nc(N[C@@H]3CCCCNC3)nc2n1. The number of nitrogens with two attached hydrogens (primary N) is 1. The summed E-state index contributed by atoms with van der Waals surface area (Å²) in [6, 6.07) is 2.35. The van der Waals surface area contributed by atoms with E-state index in [1.54, 1.807) is 0 Å². The molecule has 1 fully saturated rings. The molecule has 0 spiro atoms. The van der Waals surface area contributed by atoms with Crippen LogP contribution in [0.3, 0.4) is 0 Å². The van der Waals surface area contributed by atoms with Crippen LogP contribution in [0.5, 0.6) is 0 Å². The van der Waals surface area contributed by atoms with Gasteiger partial charge in [-0.3, -0.25) is 0 Å². The minimum absolute atomic E-state index is 0.343. The first-order valence-electron chi connectivity index (χ1n) is 7.52. The quantitative estimate of drug-likeness (QED) is 0.780. The highest BCUT2D eigenvalue weighted by Crippen LogP contribution is 2.23. The van der Waals surface area contributed by atoms with Crippen LogP contribution in [0.1, 0.15) is 30.5 Å². The maximum atomic E-state index is 6.10. The van der Waals surface area contributed by atoms with Crippen LogP contribution in [0.4, 0.5) is 11.8 Å². The normalized spacial score (nSPS) is 19.4. The number of rotatable bonds is 2. The van der Waals surface area contributed by atoms with Gasteiger partial charge in [0.25, 0.3) is 0 Å². The van der Waals surface area contributed by atoms with Crippen LogP contribution in [0, 0.1) is 13.8 Å². The summed E-state index contributed by atoms with van der Waals surface area (Å²) in [5.41, 5.74) is 8.78. The first-order valence-corrected chi connectivity index (χ1v) is 7.52. The number of fused-ring (bicyclic) bond motifs is 1. The number of anilines is 2. The molecule has 1 aliphatic heterocycles. The molecule has 0 bridgehead atoms. The smallest absolute Gasteiger partial charge is 0.226 e. The Kier molecular flexibility index (Phi) is 3.88. The van der Waals surface area contributed by atoms with Gasteiger partial charge in [-0.25, -0.2) is 4.98 Å². The number of hydrogen-bond acceptors (Lipinski definition) is 6. The van der Waals surface area contributed by atoms with E-state index in [2.05, 4.69) is 25.6 Å². The molecule has 2 aromatic rings. The van der Waals surface area contributed by atoms with Crippen molar-refractivity contribution < 1.29 is 0 Å². The highest BCUT2D eigenvalue weighted by Gasteiger charge is 2.15. The lowest BCUT2D eigenvalue weighted by Crippen LogP contribution is -2.31. The van der Waals surface area contributed by atoms with Gasteiger partial charge in [-0.15, -0.1) is 0 Å². The van der Waals surface area contributed by atoms with Crippen LogP contribution in [0.15, 0.2) is 6.07 Å². The van der Waals surface area contributed by atoms with Gasteiger partial charge >= 0.3 is 0 Å². The van der Waals surface area contributed by atoms with Crippen LogP contribution in [0.2, 0.25) is 0 Å². The zero-order valence-corrected chi connectivity index (χ0v) is 12.6. The lowest BCUT2D eigenvalue weighted by Gasteiger charge is -2.17. The molecular formula is C15H22N6. The number of nitrogens with one attached hydrogen (secondary N) is 2. The average Bonchev–Trinajstić information content (AvgIpc) is 2.65. The maximum Gasteiger partial charge on any atom is 0.226 e. The molecule has 1 atom stereocenters. The molecule has 1 aliphatic rings. The van der Waals surface area contributed by atoms with E-state index in [4.69, 9.17) is 5.73 Å². The summed E-state index contributed by atoms with van der Waals surface area (Å²) in [5, 5.41) is 7.66. The van der Waals surface area contributed by atoms with Crippen molar-refractivity contribution >= 4 is 22.8 Å². The number of aromatic nitrogens is 3. The van der Waals surface area contributed by atoms with Crippen LogP contribution in [0.25, 0.3) is 11.0 Å². The van der Waals surface area contributed by atoms with E-state index in [9.17, 15) is 0 Å². The minimum Gasteiger partial charge on any atom is -0.383 e. The standard InChI is InChI=1S/C15H22N6/c1-9-7-10(2)18-14-12(9)13(16)20-15(21-14)19-11-5-3-4-6-17-8-11/h7,11,17H,3-6,8H2,1-2H3,(H3,16,18,19,20,21)/t11-/m1/s1. The van der Waals surface area contributed by atoms with Crippen molar-refractivity contribution in [3.63, 3.8) is 0 Å². The van der Waals surface area contributed by atoms with Crippen LogP contribution in [-0.2, 0) is 0 Å². The third-order valence-corrected chi connectivity index (χ3v) is 3.90. The monoisotopic (exact) mass is 286 g/mol. The molecule has 0 radical (unpaired) electrons. The molecule has 21 heavy (non-hydrogen) atoms. The summed E-state index contributed by atoms with van der Waals surface area (Å²) in [4.78, 5) is 13.4. The number of pyridine rings is 1. The zero-order chi connectivity index (χ0) is 14.8. The molecule has 3 rings (SSSR count). The zero-order valence-electron chi connectivity index (χ0n) is 12.6. The summed E-state index contributed by atoms with van der Waals surface area (Å²) >= 11 is 0. The number of nitrogen functional groups attached to an aromatic ring is 1. The molecule has 1 saturated heterocycles. The fourth-order valence-corrected chi connectivity index (χ4v) is 2.90. The van der Waals surface area contributed by atoms with Crippen molar-refractivity contribution in [3.8, 4) is 0 Å². The lowest BCUT2D eigenvalue weighted by atomic mass is 10.1. The molecule has 6 heteroatoms. The van der Waals surface area contributed by atoms with Crippen LogP contribution >= 0.6 is 0 Å². The maximum absolute atomic E-state index is 6.10. The van der Waals surface area contributed by atoms with Crippen LogP contribution in [-0.4, -0.2) is 34.1 Å². The molecule has 0 saturated carbocycles. The Hall–Kier alpha value is -1.95. The molecule has 6 nitrogen and oxygen atoms in total. The van der Waals surface area contributed by atoms with E-state index in [0.29, 0.717) is 23.5 Å². The molecule has 0 aliphatic carbocycles. The third kappa shape index (κ3) is 3.05. The number of hydrogen-bond donors (Lipinski definition) is 3. The highest BCUT2D eigenvalue weighted by molar-refractivity contribution is 5.89. The predicted octanol–water partition coefficient (Wildman–Crippen LogP) is 1.78. The molecule has 0 amide bonds. The van der Waals surface area contributed by atoms with Gasteiger partial charge in [0.05, 0.1) is 5.39 Å². The first-order chi connectivity index (χ1) is 10.1. The van der Waals surface area contributed by atoms with E-state index in [-0.39, 0.29) is 0 Å². The van der Waals surface area contributed by atoms with Gasteiger partial charge in [-0.1, -0.05) is 6.42 Å². The van der Waals surface area contributed by atoms with Crippen molar-refractivity contribution in [3.05, 3.63) is 17.3 Å². The average molecular weight is 286 g/mol.